The summed E-state index contributed by atoms with van der Waals surface area (Å²) in [5.41, 5.74) is 5.49. The van der Waals surface area contributed by atoms with Crippen LogP contribution in [0.2, 0.25) is 0 Å². The molecular formula is C12H24N2O2. The predicted octanol–water partition coefficient (Wildman–Crippen LogP) is 0.856. The molecule has 0 saturated heterocycles. The van der Waals surface area contributed by atoms with Crippen LogP contribution in [0, 0.1) is 11.3 Å². The van der Waals surface area contributed by atoms with Crippen molar-refractivity contribution >= 4 is 5.91 Å². The highest BCUT2D eigenvalue weighted by Crippen LogP contribution is 2.45. The zero-order valence-corrected chi connectivity index (χ0v) is 10.7. The van der Waals surface area contributed by atoms with E-state index >= 15 is 0 Å². The van der Waals surface area contributed by atoms with E-state index in [4.69, 9.17) is 10.5 Å². The van der Waals surface area contributed by atoms with Gasteiger partial charge in [0.15, 0.2) is 0 Å². The number of rotatable bonds is 6. The normalized spacial score (nSPS) is 28.6. The Labute approximate surface area is 98.1 Å². The first-order chi connectivity index (χ1) is 7.55. The third-order valence-corrected chi connectivity index (χ3v) is 3.51. The van der Waals surface area contributed by atoms with Crippen molar-refractivity contribution in [2.45, 2.75) is 26.2 Å². The van der Waals surface area contributed by atoms with Gasteiger partial charge in [-0.25, -0.2) is 0 Å². The van der Waals surface area contributed by atoms with Crippen molar-refractivity contribution in [3.05, 3.63) is 0 Å². The Kier molecular flexibility index (Phi) is 4.74. The number of nitrogens with two attached hydrogens (primary N) is 1. The fourth-order valence-corrected chi connectivity index (χ4v) is 2.66. The summed E-state index contributed by atoms with van der Waals surface area (Å²) >= 11 is 0. The van der Waals surface area contributed by atoms with Gasteiger partial charge >= 0.3 is 0 Å². The summed E-state index contributed by atoms with van der Waals surface area (Å²) in [6, 6.07) is 0. The van der Waals surface area contributed by atoms with Gasteiger partial charge in [-0.05, 0) is 25.2 Å². The van der Waals surface area contributed by atoms with Gasteiger partial charge in [-0.3, -0.25) is 4.79 Å². The van der Waals surface area contributed by atoms with E-state index in [1.165, 1.54) is 0 Å². The van der Waals surface area contributed by atoms with Gasteiger partial charge in [-0.15, -0.1) is 0 Å². The van der Waals surface area contributed by atoms with Crippen LogP contribution in [0.1, 0.15) is 26.2 Å². The molecule has 0 spiro atoms. The van der Waals surface area contributed by atoms with E-state index in [-0.39, 0.29) is 11.3 Å². The number of carbonyl (C=O) groups is 1. The minimum Gasteiger partial charge on any atom is -0.385 e. The average molecular weight is 228 g/mol. The summed E-state index contributed by atoms with van der Waals surface area (Å²) in [4.78, 5) is 14.0. The second-order valence-corrected chi connectivity index (χ2v) is 5.07. The van der Waals surface area contributed by atoms with Crippen molar-refractivity contribution in [3.8, 4) is 0 Å². The lowest BCUT2D eigenvalue weighted by Gasteiger charge is -2.46. The van der Waals surface area contributed by atoms with E-state index in [2.05, 4.69) is 6.92 Å². The monoisotopic (exact) mass is 228 g/mol. The number of carbonyl (C=O) groups excluding carboxylic acids is 1. The number of hydrogen-bond donors (Lipinski definition) is 1. The van der Waals surface area contributed by atoms with Crippen LogP contribution in [0.25, 0.3) is 0 Å². The molecule has 0 bridgehead atoms. The molecule has 4 heteroatoms. The highest BCUT2D eigenvalue weighted by molar-refractivity contribution is 5.83. The lowest BCUT2D eigenvalue weighted by molar-refractivity contribution is -0.148. The number of methoxy groups -OCH3 is 1. The smallest absolute Gasteiger partial charge is 0.229 e. The van der Waals surface area contributed by atoms with Crippen molar-refractivity contribution in [1.29, 1.82) is 0 Å². The van der Waals surface area contributed by atoms with Crippen molar-refractivity contribution in [3.63, 3.8) is 0 Å². The Hall–Kier alpha value is -0.610. The molecule has 1 fully saturated rings. The van der Waals surface area contributed by atoms with Gasteiger partial charge < -0.3 is 15.4 Å². The number of ether oxygens (including phenoxy) is 1. The molecule has 0 heterocycles. The molecule has 0 radical (unpaired) electrons. The van der Waals surface area contributed by atoms with Crippen LogP contribution in [0.15, 0.2) is 0 Å². The van der Waals surface area contributed by atoms with Crippen LogP contribution >= 0.6 is 0 Å². The first kappa shape index (κ1) is 13.5. The Morgan fingerprint density at radius 2 is 2.19 bits per heavy atom. The van der Waals surface area contributed by atoms with Gasteiger partial charge in [-0.1, -0.05) is 6.92 Å². The molecule has 0 aromatic heterocycles. The first-order valence-corrected chi connectivity index (χ1v) is 6.00. The van der Waals surface area contributed by atoms with Crippen LogP contribution in [0.4, 0.5) is 0 Å². The van der Waals surface area contributed by atoms with Gasteiger partial charge in [-0.2, -0.15) is 0 Å². The summed E-state index contributed by atoms with van der Waals surface area (Å²) < 4.78 is 4.98. The average Bonchev–Trinajstić information content (AvgIpc) is 2.23. The molecule has 1 aliphatic rings. The molecule has 94 valence electrons. The number of hydrogen-bond acceptors (Lipinski definition) is 3. The van der Waals surface area contributed by atoms with E-state index in [9.17, 15) is 4.79 Å². The van der Waals surface area contributed by atoms with Gasteiger partial charge in [0.2, 0.25) is 5.91 Å². The third-order valence-electron chi connectivity index (χ3n) is 3.51. The van der Waals surface area contributed by atoms with Crippen molar-refractivity contribution in [2.24, 2.45) is 17.1 Å². The van der Waals surface area contributed by atoms with Crippen LogP contribution in [-0.2, 0) is 9.53 Å². The highest BCUT2D eigenvalue weighted by Gasteiger charge is 2.48. The largest absolute Gasteiger partial charge is 0.385 e. The summed E-state index contributed by atoms with van der Waals surface area (Å²) in [5, 5.41) is 0. The Morgan fingerprint density at radius 1 is 1.56 bits per heavy atom. The molecule has 1 saturated carbocycles. The summed E-state index contributed by atoms with van der Waals surface area (Å²) in [6.45, 7) is 4.10. The highest BCUT2D eigenvalue weighted by atomic mass is 16.5. The molecule has 2 N–H and O–H groups in total. The quantitative estimate of drug-likeness (QED) is 0.686. The van der Waals surface area contributed by atoms with Gasteiger partial charge in [0.1, 0.15) is 0 Å². The Bertz CT molecular complexity index is 237. The fourth-order valence-electron chi connectivity index (χ4n) is 2.66. The molecule has 0 aromatic carbocycles. The molecule has 0 aliphatic heterocycles. The Balaban J connectivity index is 2.43. The number of nitrogens with zero attached hydrogens (tertiary/aromatic N) is 1. The summed E-state index contributed by atoms with van der Waals surface area (Å²) in [6.07, 6.45) is 2.77. The lowest BCUT2D eigenvalue weighted by Crippen LogP contribution is -2.53. The van der Waals surface area contributed by atoms with Crippen molar-refractivity contribution in [2.75, 3.05) is 33.9 Å². The SMILES string of the molecule is COCCCN(C)C(=O)C1(CN)CC(C)C1. The van der Waals surface area contributed by atoms with Crippen LogP contribution < -0.4 is 5.73 Å². The topological polar surface area (TPSA) is 55.6 Å². The zero-order chi connectivity index (χ0) is 12.2. The molecule has 1 amide bonds. The molecule has 16 heavy (non-hydrogen) atoms. The molecule has 4 nitrogen and oxygen atoms in total. The van der Waals surface area contributed by atoms with Gasteiger partial charge in [0.05, 0.1) is 5.41 Å². The van der Waals surface area contributed by atoms with E-state index < -0.39 is 0 Å². The van der Waals surface area contributed by atoms with Crippen LogP contribution in [0.3, 0.4) is 0 Å². The third kappa shape index (κ3) is 2.74. The molecule has 1 aliphatic carbocycles. The zero-order valence-electron chi connectivity index (χ0n) is 10.7. The minimum atomic E-state index is -0.263. The maximum absolute atomic E-state index is 12.2. The van der Waals surface area contributed by atoms with Gasteiger partial charge in [0, 0.05) is 33.9 Å². The lowest BCUT2D eigenvalue weighted by atomic mass is 9.62. The molecule has 1 rings (SSSR count). The standard InChI is InChI=1S/C12H24N2O2/c1-10-7-12(8-10,9-13)11(15)14(2)5-4-6-16-3/h10H,4-9,13H2,1-3H3. The van der Waals surface area contributed by atoms with Gasteiger partial charge in [0.25, 0.3) is 0 Å². The minimum absolute atomic E-state index is 0.212. The molecule has 0 unspecified atom stereocenters. The molecule has 0 atom stereocenters. The second kappa shape index (κ2) is 5.64. The fraction of sp³-hybridized carbons (Fsp3) is 0.917. The van der Waals surface area contributed by atoms with Crippen molar-refractivity contribution in [1.82, 2.24) is 4.90 Å². The predicted molar refractivity (Wildman–Crippen MR) is 64.0 cm³/mol. The van der Waals surface area contributed by atoms with E-state index in [0.717, 1.165) is 25.8 Å². The maximum atomic E-state index is 12.2. The molecular weight excluding hydrogens is 204 g/mol. The van der Waals surface area contributed by atoms with Crippen LogP contribution in [0.5, 0.6) is 0 Å². The van der Waals surface area contributed by atoms with E-state index in [1.54, 1.807) is 12.0 Å². The Morgan fingerprint density at radius 3 is 2.62 bits per heavy atom. The van der Waals surface area contributed by atoms with Crippen molar-refractivity contribution < 1.29 is 9.53 Å². The first-order valence-electron chi connectivity index (χ1n) is 6.00. The van der Waals surface area contributed by atoms with E-state index in [1.807, 2.05) is 7.05 Å². The number of amides is 1. The van der Waals surface area contributed by atoms with Crippen LogP contribution in [-0.4, -0.2) is 44.7 Å². The maximum Gasteiger partial charge on any atom is 0.229 e. The van der Waals surface area contributed by atoms with E-state index in [0.29, 0.717) is 19.1 Å². The second-order valence-electron chi connectivity index (χ2n) is 5.07. The molecule has 0 aromatic rings. The summed E-state index contributed by atoms with van der Waals surface area (Å²) in [5.74, 6) is 0.851. The summed E-state index contributed by atoms with van der Waals surface area (Å²) in [7, 11) is 3.54.